The standard InChI is InChI=1S/C12H12F3N3O/c13-12(14,15)19-11-5-2-1-4-10(11)16-7-9-18-8-3-6-17-18/h1-6,8,16H,7,9H2. The molecule has 0 aliphatic carbocycles. The van der Waals surface area contributed by atoms with Crippen molar-refractivity contribution in [1.29, 1.82) is 0 Å². The Kier molecular flexibility index (Phi) is 3.94. The molecule has 102 valence electrons. The van der Waals surface area contributed by atoms with Crippen molar-refractivity contribution in [2.24, 2.45) is 0 Å². The summed E-state index contributed by atoms with van der Waals surface area (Å²) in [5.74, 6) is -0.240. The number of hydrogen-bond donors (Lipinski definition) is 1. The highest BCUT2D eigenvalue weighted by Gasteiger charge is 2.31. The molecule has 2 aromatic rings. The SMILES string of the molecule is FC(F)(F)Oc1ccccc1NCCn1cccn1. The highest BCUT2D eigenvalue weighted by atomic mass is 19.4. The van der Waals surface area contributed by atoms with Gasteiger partial charge in [0.25, 0.3) is 0 Å². The van der Waals surface area contributed by atoms with Crippen LogP contribution in [0.3, 0.4) is 0 Å². The van der Waals surface area contributed by atoms with Crippen LogP contribution in [0.15, 0.2) is 42.7 Å². The van der Waals surface area contributed by atoms with E-state index >= 15 is 0 Å². The predicted molar refractivity (Wildman–Crippen MR) is 63.8 cm³/mol. The number of ether oxygens (including phenoxy) is 1. The first-order valence-corrected chi connectivity index (χ1v) is 5.61. The molecule has 1 heterocycles. The number of rotatable bonds is 5. The summed E-state index contributed by atoms with van der Waals surface area (Å²) in [6, 6.07) is 7.70. The fourth-order valence-electron chi connectivity index (χ4n) is 1.56. The molecule has 0 aliphatic heterocycles. The molecule has 1 aromatic heterocycles. The van der Waals surface area contributed by atoms with Crippen molar-refractivity contribution < 1.29 is 17.9 Å². The molecule has 1 aromatic carbocycles. The van der Waals surface area contributed by atoms with Gasteiger partial charge in [0.1, 0.15) is 0 Å². The number of benzene rings is 1. The first-order valence-electron chi connectivity index (χ1n) is 5.61. The van der Waals surface area contributed by atoms with Gasteiger partial charge in [-0.2, -0.15) is 5.10 Å². The molecule has 0 aliphatic rings. The zero-order valence-electron chi connectivity index (χ0n) is 9.89. The predicted octanol–water partition coefficient (Wildman–Crippen LogP) is 2.89. The summed E-state index contributed by atoms with van der Waals surface area (Å²) in [6.07, 6.45) is -1.28. The van der Waals surface area contributed by atoms with Crippen molar-refractivity contribution in [2.45, 2.75) is 12.9 Å². The van der Waals surface area contributed by atoms with Crippen LogP contribution in [0.4, 0.5) is 18.9 Å². The van der Waals surface area contributed by atoms with E-state index in [2.05, 4.69) is 15.2 Å². The fraction of sp³-hybridized carbons (Fsp3) is 0.250. The molecule has 0 saturated carbocycles. The molecular formula is C12H12F3N3O. The van der Waals surface area contributed by atoms with Crippen LogP contribution in [0, 0.1) is 0 Å². The van der Waals surface area contributed by atoms with E-state index in [1.165, 1.54) is 18.2 Å². The van der Waals surface area contributed by atoms with E-state index in [1.807, 2.05) is 0 Å². The van der Waals surface area contributed by atoms with E-state index < -0.39 is 6.36 Å². The molecule has 1 N–H and O–H groups in total. The van der Waals surface area contributed by atoms with Crippen molar-refractivity contribution in [2.75, 3.05) is 11.9 Å². The molecule has 0 atom stereocenters. The van der Waals surface area contributed by atoms with Crippen molar-refractivity contribution in [3.05, 3.63) is 42.7 Å². The van der Waals surface area contributed by atoms with E-state index in [4.69, 9.17) is 0 Å². The van der Waals surface area contributed by atoms with Crippen molar-refractivity contribution >= 4 is 5.69 Å². The molecule has 0 radical (unpaired) electrons. The Morgan fingerprint density at radius 2 is 2.00 bits per heavy atom. The number of alkyl halides is 3. The van der Waals surface area contributed by atoms with Crippen molar-refractivity contribution in [3.8, 4) is 5.75 Å². The van der Waals surface area contributed by atoms with Gasteiger partial charge in [0.2, 0.25) is 0 Å². The Balaban J connectivity index is 1.96. The summed E-state index contributed by atoms with van der Waals surface area (Å²) in [5.41, 5.74) is 0.298. The average molecular weight is 271 g/mol. The molecule has 0 unspecified atom stereocenters. The van der Waals surface area contributed by atoms with Gasteiger partial charge in [0, 0.05) is 18.9 Å². The average Bonchev–Trinajstić information content (AvgIpc) is 2.82. The Hall–Kier alpha value is -2.18. The van der Waals surface area contributed by atoms with E-state index in [-0.39, 0.29) is 5.75 Å². The molecule has 19 heavy (non-hydrogen) atoms. The van der Waals surface area contributed by atoms with Gasteiger partial charge < -0.3 is 10.1 Å². The maximum atomic E-state index is 12.2. The maximum Gasteiger partial charge on any atom is 0.573 e. The molecule has 0 bridgehead atoms. The molecular weight excluding hydrogens is 259 g/mol. The zero-order valence-corrected chi connectivity index (χ0v) is 9.89. The monoisotopic (exact) mass is 271 g/mol. The first kappa shape index (κ1) is 13.3. The number of para-hydroxylation sites is 2. The van der Waals surface area contributed by atoms with Crippen LogP contribution in [0.2, 0.25) is 0 Å². The molecule has 0 spiro atoms. The van der Waals surface area contributed by atoms with E-state index in [0.717, 1.165) is 0 Å². The summed E-state index contributed by atoms with van der Waals surface area (Å²) in [6.45, 7) is 0.993. The summed E-state index contributed by atoms with van der Waals surface area (Å²) in [5, 5.41) is 6.88. The van der Waals surface area contributed by atoms with Gasteiger partial charge in [-0.25, -0.2) is 0 Å². The minimum Gasteiger partial charge on any atom is -0.404 e. The number of anilines is 1. The second kappa shape index (κ2) is 5.64. The third kappa shape index (κ3) is 4.20. The maximum absolute atomic E-state index is 12.2. The minimum absolute atomic E-state index is 0.240. The van der Waals surface area contributed by atoms with Crippen LogP contribution < -0.4 is 10.1 Å². The van der Waals surface area contributed by atoms with Gasteiger partial charge in [-0.3, -0.25) is 4.68 Å². The van der Waals surface area contributed by atoms with Crippen LogP contribution in [-0.2, 0) is 6.54 Å². The number of aromatic nitrogens is 2. The molecule has 0 fully saturated rings. The van der Waals surface area contributed by atoms with Gasteiger partial charge in [0.05, 0.1) is 12.2 Å². The van der Waals surface area contributed by atoms with Gasteiger partial charge in [-0.1, -0.05) is 12.1 Å². The number of nitrogens with one attached hydrogen (secondary N) is 1. The van der Waals surface area contributed by atoms with Crippen molar-refractivity contribution in [1.82, 2.24) is 9.78 Å². The molecule has 2 rings (SSSR count). The summed E-state index contributed by atoms with van der Waals surface area (Å²) in [4.78, 5) is 0. The van der Waals surface area contributed by atoms with E-state index in [0.29, 0.717) is 18.8 Å². The smallest absolute Gasteiger partial charge is 0.404 e. The lowest BCUT2D eigenvalue weighted by Gasteiger charge is -2.14. The Labute approximate surface area is 107 Å². The Bertz CT molecular complexity index is 511. The van der Waals surface area contributed by atoms with Crippen LogP contribution in [0.1, 0.15) is 0 Å². The lowest BCUT2D eigenvalue weighted by molar-refractivity contribution is -0.274. The quantitative estimate of drug-likeness (QED) is 0.908. The van der Waals surface area contributed by atoms with Gasteiger partial charge in [-0.15, -0.1) is 13.2 Å². The van der Waals surface area contributed by atoms with Crippen LogP contribution >= 0.6 is 0 Å². The largest absolute Gasteiger partial charge is 0.573 e. The third-order valence-electron chi connectivity index (χ3n) is 2.33. The van der Waals surface area contributed by atoms with Gasteiger partial charge in [-0.05, 0) is 18.2 Å². The molecule has 0 amide bonds. The second-order valence-electron chi connectivity index (χ2n) is 3.74. The lowest BCUT2D eigenvalue weighted by atomic mass is 10.3. The number of nitrogens with zero attached hydrogens (tertiary/aromatic N) is 2. The topological polar surface area (TPSA) is 39.1 Å². The minimum atomic E-state index is -4.69. The van der Waals surface area contributed by atoms with Crippen LogP contribution in [-0.4, -0.2) is 22.7 Å². The van der Waals surface area contributed by atoms with Crippen LogP contribution in [0.5, 0.6) is 5.75 Å². The van der Waals surface area contributed by atoms with Crippen molar-refractivity contribution in [3.63, 3.8) is 0 Å². The Morgan fingerprint density at radius 3 is 2.68 bits per heavy atom. The number of halogens is 3. The third-order valence-corrected chi connectivity index (χ3v) is 2.33. The Morgan fingerprint density at radius 1 is 1.21 bits per heavy atom. The normalized spacial score (nSPS) is 11.3. The zero-order chi connectivity index (χ0) is 13.7. The summed E-state index contributed by atoms with van der Waals surface area (Å²) in [7, 11) is 0. The van der Waals surface area contributed by atoms with Crippen LogP contribution in [0.25, 0.3) is 0 Å². The fourth-order valence-corrected chi connectivity index (χ4v) is 1.56. The molecule has 7 heteroatoms. The van der Waals surface area contributed by atoms with E-state index in [9.17, 15) is 13.2 Å². The number of hydrogen-bond acceptors (Lipinski definition) is 3. The summed E-state index contributed by atoms with van der Waals surface area (Å²) >= 11 is 0. The first-order chi connectivity index (χ1) is 9.04. The van der Waals surface area contributed by atoms with Gasteiger partial charge in [0.15, 0.2) is 5.75 Å². The second-order valence-corrected chi connectivity index (χ2v) is 3.74. The molecule has 4 nitrogen and oxygen atoms in total. The summed E-state index contributed by atoms with van der Waals surface area (Å²) < 4.78 is 42.2. The highest BCUT2D eigenvalue weighted by molar-refractivity contribution is 5.56. The van der Waals surface area contributed by atoms with E-state index in [1.54, 1.807) is 29.2 Å². The lowest BCUT2D eigenvalue weighted by Crippen LogP contribution is -2.19. The molecule has 0 saturated heterocycles. The van der Waals surface area contributed by atoms with Gasteiger partial charge >= 0.3 is 6.36 Å². The highest BCUT2D eigenvalue weighted by Crippen LogP contribution is 2.29.